The summed E-state index contributed by atoms with van der Waals surface area (Å²) in [4.78, 5) is 23.2. The molecule has 1 atom stereocenters. The molecule has 1 fully saturated rings. The molecule has 27 heavy (non-hydrogen) atoms. The van der Waals surface area contributed by atoms with Crippen LogP contribution in [0.25, 0.3) is 11.3 Å². The minimum Gasteiger partial charge on any atom is -0.352 e. The number of nitrogens with zero attached hydrogens (tertiary/aromatic N) is 3. The average Bonchev–Trinajstić information content (AvgIpc) is 3.03. The summed E-state index contributed by atoms with van der Waals surface area (Å²) in [6.45, 7) is 9.44. The fourth-order valence-corrected chi connectivity index (χ4v) is 4.41. The summed E-state index contributed by atoms with van der Waals surface area (Å²) in [6.07, 6.45) is 1.35. The first-order valence-electron chi connectivity index (χ1n) is 9.77. The number of rotatable bonds is 7. The number of benzene rings is 1. The van der Waals surface area contributed by atoms with Crippen molar-refractivity contribution in [3.63, 3.8) is 0 Å². The van der Waals surface area contributed by atoms with Gasteiger partial charge in [0.1, 0.15) is 0 Å². The molecule has 146 valence electrons. The Bertz CT molecular complexity index is 738. The summed E-state index contributed by atoms with van der Waals surface area (Å²) in [7, 11) is 2.16. The number of nitrogens with one attached hydrogen (secondary N) is 1. The molecule has 2 aromatic rings. The molecule has 1 unspecified atom stereocenters. The molecule has 1 N–H and O–H groups in total. The average molecular weight is 387 g/mol. The van der Waals surface area contributed by atoms with Gasteiger partial charge >= 0.3 is 0 Å². The highest BCUT2D eigenvalue weighted by Crippen LogP contribution is 2.28. The number of likely N-dealkylation sites (N-methyl/N-ethyl adjacent to an activating group) is 1. The fourth-order valence-electron chi connectivity index (χ4n) is 3.45. The Labute approximate surface area is 166 Å². The zero-order valence-electron chi connectivity index (χ0n) is 16.6. The minimum atomic E-state index is 0.0943. The van der Waals surface area contributed by atoms with Crippen LogP contribution in [0, 0.1) is 6.92 Å². The Morgan fingerprint density at radius 3 is 2.59 bits per heavy atom. The molecule has 6 heteroatoms. The van der Waals surface area contributed by atoms with E-state index < -0.39 is 0 Å². The van der Waals surface area contributed by atoms with Crippen LogP contribution < -0.4 is 5.32 Å². The monoisotopic (exact) mass is 386 g/mol. The third-order valence-electron chi connectivity index (χ3n) is 5.11. The number of carbonyl (C=O) groups excluding carboxylic acids is 1. The van der Waals surface area contributed by atoms with Crippen molar-refractivity contribution in [1.82, 2.24) is 20.1 Å². The van der Waals surface area contributed by atoms with Gasteiger partial charge in [-0.1, -0.05) is 37.3 Å². The Morgan fingerprint density at radius 2 is 1.93 bits per heavy atom. The van der Waals surface area contributed by atoms with E-state index in [-0.39, 0.29) is 11.9 Å². The van der Waals surface area contributed by atoms with Crippen LogP contribution in [0.4, 0.5) is 0 Å². The second kappa shape index (κ2) is 9.44. The van der Waals surface area contributed by atoms with Crippen LogP contribution >= 0.6 is 11.3 Å². The molecule has 2 heterocycles. The van der Waals surface area contributed by atoms with E-state index in [0.29, 0.717) is 6.42 Å². The van der Waals surface area contributed by atoms with Gasteiger partial charge < -0.3 is 10.2 Å². The van der Waals surface area contributed by atoms with Crippen LogP contribution in [0.3, 0.4) is 0 Å². The molecular formula is C21H30N4OS. The SMILES string of the molecule is CCC(CN1CCN(C)CC1)NC(=O)Cc1sc(C)nc1-c1ccccc1. The van der Waals surface area contributed by atoms with E-state index in [1.807, 2.05) is 25.1 Å². The molecule has 1 saturated heterocycles. The largest absolute Gasteiger partial charge is 0.352 e. The topological polar surface area (TPSA) is 48.5 Å². The van der Waals surface area contributed by atoms with E-state index in [4.69, 9.17) is 0 Å². The van der Waals surface area contributed by atoms with E-state index in [1.54, 1.807) is 11.3 Å². The zero-order valence-corrected chi connectivity index (χ0v) is 17.4. The van der Waals surface area contributed by atoms with Crippen LogP contribution in [0.1, 0.15) is 23.2 Å². The predicted octanol–water partition coefficient (Wildman–Crippen LogP) is 2.80. The van der Waals surface area contributed by atoms with E-state index >= 15 is 0 Å². The number of piperazine rings is 1. The van der Waals surface area contributed by atoms with Gasteiger partial charge in [0, 0.05) is 49.2 Å². The molecule has 3 rings (SSSR count). The van der Waals surface area contributed by atoms with Crippen molar-refractivity contribution in [1.29, 1.82) is 0 Å². The standard InChI is InChI=1S/C21H30N4OS/c1-4-18(15-25-12-10-24(3)11-13-25)23-20(26)14-19-21(22-16(2)27-19)17-8-6-5-7-9-17/h5-9,18H,4,10-15H2,1-3H3,(H,23,26). The zero-order chi connectivity index (χ0) is 19.2. The highest BCUT2D eigenvalue weighted by Gasteiger charge is 2.20. The van der Waals surface area contributed by atoms with Crippen LogP contribution in [0.2, 0.25) is 0 Å². The number of aromatic nitrogens is 1. The summed E-state index contributed by atoms with van der Waals surface area (Å²) >= 11 is 1.62. The maximum absolute atomic E-state index is 12.7. The first kappa shape index (κ1) is 20.0. The van der Waals surface area contributed by atoms with Gasteiger partial charge in [-0.2, -0.15) is 0 Å². The second-order valence-corrected chi connectivity index (χ2v) is 8.61. The Morgan fingerprint density at radius 1 is 1.22 bits per heavy atom. The lowest BCUT2D eigenvalue weighted by molar-refractivity contribution is -0.121. The van der Waals surface area contributed by atoms with Crippen molar-refractivity contribution in [2.75, 3.05) is 39.8 Å². The normalized spacial score (nSPS) is 17.0. The van der Waals surface area contributed by atoms with Gasteiger partial charge in [-0.15, -0.1) is 11.3 Å². The van der Waals surface area contributed by atoms with Gasteiger partial charge in [-0.3, -0.25) is 9.69 Å². The van der Waals surface area contributed by atoms with Crippen molar-refractivity contribution < 1.29 is 4.79 Å². The van der Waals surface area contributed by atoms with Gasteiger partial charge in [0.2, 0.25) is 5.91 Å². The molecule has 0 bridgehead atoms. The quantitative estimate of drug-likeness (QED) is 0.795. The third kappa shape index (κ3) is 5.61. The lowest BCUT2D eigenvalue weighted by Crippen LogP contribution is -2.50. The molecule has 0 radical (unpaired) electrons. The second-order valence-electron chi connectivity index (χ2n) is 7.32. The fraction of sp³-hybridized carbons (Fsp3) is 0.524. The van der Waals surface area contributed by atoms with E-state index in [1.165, 1.54) is 0 Å². The van der Waals surface area contributed by atoms with Crippen molar-refractivity contribution in [2.45, 2.75) is 32.7 Å². The van der Waals surface area contributed by atoms with Gasteiger partial charge in [-0.05, 0) is 20.4 Å². The van der Waals surface area contributed by atoms with Gasteiger partial charge in [-0.25, -0.2) is 4.98 Å². The predicted molar refractivity (Wildman–Crippen MR) is 112 cm³/mol. The molecule has 0 spiro atoms. The maximum Gasteiger partial charge on any atom is 0.225 e. The molecule has 0 saturated carbocycles. The van der Waals surface area contributed by atoms with Crippen LogP contribution in [-0.2, 0) is 11.2 Å². The van der Waals surface area contributed by atoms with Crippen LogP contribution in [0.15, 0.2) is 30.3 Å². The summed E-state index contributed by atoms with van der Waals surface area (Å²) in [5, 5.41) is 4.25. The van der Waals surface area contributed by atoms with E-state index in [9.17, 15) is 4.79 Å². The summed E-state index contributed by atoms with van der Waals surface area (Å²) in [6, 6.07) is 10.3. The van der Waals surface area contributed by atoms with E-state index in [0.717, 1.165) is 60.3 Å². The van der Waals surface area contributed by atoms with Gasteiger partial charge in [0.15, 0.2) is 0 Å². The number of amides is 1. The molecular weight excluding hydrogens is 356 g/mol. The van der Waals surface area contributed by atoms with Crippen molar-refractivity contribution in [2.24, 2.45) is 0 Å². The summed E-state index contributed by atoms with van der Waals surface area (Å²) in [5.74, 6) is 0.0943. The first-order valence-corrected chi connectivity index (χ1v) is 10.6. The molecule has 1 amide bonds. The number of hydrogen-bond donors (Lipinski definition) is 1. The first-order chi connectivity index (χ1) is 13.0. The molecule has 0 aliphatic carbocycles. The van der Waals surface area contributed by atoms with E-state index in [2.05, 4.69) is 46.2 Å². The Hall–Kier alpha value is -1.76. The maximum atomic E-state index is 12.7. The van der Waals surface area contributed by atoms with Gasteiger partial charge in [0.25, 0.3) is 0 Å². The van der Waals surface area contributed by atoms with Crippen molar-refractivity contribution in [3.8, 4) is 11.3 Å². The van der Waals surface area contributed by atoms with Crippen molar-refractivity contribution in [3.05, 3.63) is 40.2 Å². The Balaban J connectivity index is 1.60. The Kier molecular flexibility index (Phi) is 6.99. The lowest BCUT2D eigenvalue weighted by Gasteiger charge is -2.34. The van der Waals surface area contributed by atoms with Crippen molar-refractivity contribution >= 4 is 17.2 Å². The lowest BCUT2D eigenvalue weighted by atomic mass is 10.1. The smallest absolute Gasteiger partial charge is 0.225 e. The summed E-state index contributed by atoms with van der Waals surface area (Å²) < 4.78 is 0. The van der Waals surface area contributed by atoms with Crippen LogP contribution in [0.5, 0.6) is 0 Å². The molecule has 1 aromatic heterocycles. The third-order valence-corrected chi connectivity index (χ3v) is 6.08. The number of thiazole rings is 1. The molecule has 1 aliphatic heterocycles. The van der Waals surface area contributed by atoms with Crippen LogP contribution in [-0.4, -0.2) is 66.5 Å². The number of carbonyl (C=O) groups is 1. The summed E-state index contributed by atoms with van der Waals surface area (Å²) in [5.41, 5.74) is 2.02. The molecule has 5 nitrogen and oxygen atoms in total. The highest BCUT2D eigenvalue weighted by atomic mass is 32.1. The highest BCUT2D eigenvalue weighted by molar-refractivity contribution is 7.12. The number of aryl methyl sites for hydroxylation is 1. The number of hydrogen-bond acceptors (Lipinski definition) is 5. The molecule has 1 aromatic carbocycles. The molecule has 1 aliphatic rings. The van der Waals surface area contributed by atoms with Gasteiger partial charge in [0.05, 0.1) is 17.1 Å². The minimum absolute atomic E-state index is 0.0943.